The van der Waals surface area contributed by atoms with Gasteiger partial charge in [0, 0.05) is 30.9 Å². The third-order valence-electron chi connectivity index (χ3n) is 3.71. The predicted octanol–water partition coefficient (Wildman–Crippen LogP) is 2.48. The molecule has 3 heteroatoms. The van der Waals surface area contributed by atoms with Crippen molar-refractivity contribution in [2.24, 2.45) is 11.7 Å². The van der Waals surface area contributed by atoms with Crippen LogP contribution >= 0.6 is 0 Å². The summed E-state index contributed by atoms with van der Waals surface area (Å²) in [4.78, 5) is 7.11. The summed E-state index contributed by atoms with van der Waals surface area (Å²) in [5, 5.41) is 0. The number of nitrogens with zero attached hydrogens (tertiary/aromatic N) is 2. The first-order valence-electron chi connectivity index (χ1n) is 6.66. The van der Waals surface area contributed by atoms with Crippen LogP contribution in [0, 0.1) is 12.8 Å². The molecule has 0 amide bonds. The Bertz CT molecular complexity index is 376. The molecule has 2 N–H and O–H groups in total. The number of pyridine rings is 1. The number of hydrogen-bond donors (Lipinski definition) is 1. The van der Waals surface area contributed by atoms with Crippen molar-refractivity contribution in [1.82, 2.24) is 4.98 Å². The van der Waals surface area contributed by atoms with Crippen LogP contribution in [0.15, 0.2) is 12.1 Å². The van der Waals surface area contributed by atoms with Gasteiger partial charge in [0.1, 0.15) is 5.82 Å². The normalized spacial score (nSPS) is 20.6. The smallest absolute Gasteiger partial charge is 0.133 e. The molecule has 1 aromatic rings. The molecule has 0 bridgehead atoms. The van der Waals surface area contributed by atoms with Crippen LogP contribution in [-0.2, 0) is 6.54 Å². The highest BCUT2D eigenvalue weighted by molar-refractivity contribution is 5.48. The van der Waals surface area contributed by atoms with Crippen LogP contribution in [0.5, 0.6) is 0 Å². The van der Waals surface area contributed by atoms with Crippen LogP contribution in [0.2, 0.25) is 0 Å². The van der Waals surface area contributed by atoms with Gasteiger partial charge in [-0.25, -0.2) is 4.98 Å². The monoisotopic (exact) mass is 233 g/mol. The van der Waals surface area contributed by atoms with Crippen molar-refractivity contribution in [2.75, 3.05) is 18.0 Å². The first kappa shape index (κ1) is 12.4. The van der Waals surface area contributed by atoms with Crippen molar-refractivity contribution >= 4 is 5.82 Å². The molecule has 3 nitrogen and oxygen atoms in total. The van der Waals surface area contributed by atoms with Crippen LogP contribution in [0.3, 0.4) is 0 Å². The Morgan fingerprint density at radius 3 is 3.00 bits per heavy atom. The minimum atomic E-state index is 0.579. The van der Waals surface area contributed by atoms with Gasteiger partial charge in [0.15, 0.2) is 0 Å². The van der Waals surface area contributed by atoms with E-state index in [9.17, 15) is 0 Å². The molecule has 0 aromatic carbocycles. The number of rotatable bonds is 3. The Kier molecular flexibility index (Phi) is 4.00. The lowest BCUT2D eigenvalue weighted by atomic mass is 9.95. The van der Waals surface area contributed by atoms with E-state index < -0.39 is 0 Å². The molecule has 1 fully saturated rings. The third kappa shape index (κ3) is 2.78. The summed E-state index contributed by atoms with van der Waals surface area (Å²) in [6, 6.07) is 4.17. The van der Waals surface area contributed by atoms with Gasteiger partial charge in [0.05, 0.1) is 0 Å². The van der Waals surface area contributed by atoms with E-state index in [1.807, 2.05) is 13.0 Å². The molecular weight excluding hydrogens is 210 g/mol. The number of anilines is 1. The van der Waals surface area contributed by atoms with Gasteiger partial charge in [-0.1, -0.05) is 19.4 Å². The highest BCUT2D eigenvalue weighted by atomic mass is 15.2. The lowest BCUT2D eigenvalue weighted by molar-refractivity contribution is 0.402. The van der Waals surface area contributed by atoms with Gasteiger partial charge in [-0.05, 0) is 31.7 Å². The van der Waals surface area contributed by atoms with Gasteiger partial charge in [0.2, 0.25) is 0 Å². The molecule has 17 heavy (non-hydrogen) atoms. The number of nitrogens with two attached hydrogens (primary N) is 1. The average molecular weight is 233 g/mol. The second-order valence-electron chi connectivity index (χ2n) is 5.00. The molecular formula is C14H23N3. The fourth-order valence-corrected chi connectivity index (χ4v) is 2.60. The molecule has 1 aliphatic rings. The molecule has 0 aliphatic carbocycles. The van der Waals surface area contributed by atoms with Crippen molar-refractivity contribution in [1.29, 1.82) is 0 Å². The second-order valence-corrected chi connectivity index (χ2v) is 5.00. The van der Waals surface area contributed by atoms with E-state index in [0.29, 0.717) is 6.54 Å². The Hall–Kier alpha value is -1.09. The summed E-state index contributed by atoms with van der Waals surface area (Å²) in [6.07, 6.45) is 3.90. The van der Waals surface area contributed by atoms with Gasteiger partial charge in [-0.15, -0.1) is 0 Å². The standard InChI is InChI=1S/C14H23N3/c1-3-12-5-4-8-17(10-12)14-13(9-15)7-6-11(2)16-14/h6-7,12H,3-5,8-10,15H2,1-2H3. The predicted molar refractivity (Wildman–Crippen MR) is 72.1 cm³/mol. The number of aryl methyl sites for hydroxylation is 1. The van der Waals surface area contributed by atoms with Crippen molar-refractivity contribution in [3.63, 3.8) is 0 Å². The van der Waals surface area contributed by atoms with Crippen LogP contribution in [-0.4, -0.2) is 18.1 Å². The highest BCUT2D eigenvalue weighted by Crippen LogP contribution is 2.26. The van der Waals surface area contributed by atoms with Gasteiger partial charge in [-0.2, -0.15) is 0 Å². The van der Waals surface area contributed by atoms with Crippen molar-refractivity contribution in [3.8, 4) is 0 Å². The highest BCUT2D eigenvalue weighted by Gasteiger charge is 2.21. The van der Waals surface area contributed by atoms with Crippen molar-refractivity contribution in [3.05, 3.63) is 23.4 Å². The molecule has 1 saturated heterocycles. The summed E-state index contributed by atoms with van der Waals surface area (Å²) >= 11 is 0. The average Bonchev–Trinajstić information content (AvgIpc) is 2.39. The molecule has 0 spiro atoms. The maximum atomic E-state index is 5.81. The van der Waals surface area contributed by atoms with Crippen LogP contribution in [0.4, 0.5) is 5.82 Å². The summed E-state index contributed by atoms with van der Waals surface area (Å²) in [5.41, 5.74) is 8.06. The quantitative estimate of drug-likeness (QED) is 0.872. The van der Waals surface area contributed by atoms with Gasteiger partial charge in [-0.3, -0.25) is 0 Å². The summed E-state index contributed by atoms with van der Waals surface area (Å²) in [5.74, 6) is 1.93. The fraction of sp³-hybridized carbons (Fsp3) is 0.643. The summed E-state index contributed by atoms with van der Waals surface area (Å²) in [7, 11) is 0. The van der Waals surface area contributed by atoms with E-state index in [0.717, 1.165) is 30.5 Å². The van der Waals surface area contributed by atoms with Crippen LogP contribution in [0.1, 0.15) is 37.4 Å². The maximum absolute atomic E-state index is 5.81. The lowest BCUT2D eigenvalue weighted by Crippen LogP contribution is -2.36. The first-order valence-corrected chi connectivity index (χ1v) is 6.66. The van der Waals surface area contributed by atoms with Crippen molar-refractivity contribution in [2.45, 2.75) is 39.7 Å². The topological polar surface area (TPSA) is 42.2 Å². The zero-order chi connectivity index (χ0) is 12.3. The summed E-state index contributed by atoms with van der Waals surface area (Å²) < 4.78 is 0. The minimum absolute atomic E-state index is 0.579. The molecule has 0 saturated carbocycles. The Balaban J connectivity index is 2.22. The van der Waals surface area contributed by atoms with Gasteiger partial charge < -0.3 is 10.6 Å². The van der Waals surface area contributed by atoms with E-state index >= 15 is 0 Å². The zero-order valence-electron chi connectivity index (χ0n) is 10.9. The third-order valence-corrected chi connectivity index (χ3v) is 3.71. The Labute approximate surface area is 104 Å². The number of aromatic nitrogens is 1. The molecule has 1 unspecified atom stereocenters. The van der Waals surface area contributed by atoms with Crippen molar-refractivity contribution < 1.29 is 0 Å². The molecule has 2 heterocycles. The lowest BCUT2D eigenvalue weighted by Gasteiger charge is -2.34. The van der Waals surface area contributed by atoms with Gasteiger partial charge >= 0.3 is 0 Å². The number of piperidine rings is 1. The minimum Gasteiger partial charge on any atom is -0.356 e. The second kappa shape index (κ2) is 5.50. The van der Waals surface area contributed by atoms with E-state index in [4.69, 9.17) is 5.73 Å². The van der Waals surface area contributed by atoms with Gasteiger partial charge in [0.25, 0.3) is 0 Å². The molecule has 2 rings (SSSR count). The van der Waals surface area contributed by atoms with E-state index in [2.05, 4.69) is 22.9 Å². The molecule has 1 aliphatic heterocycles. The molecule has 1 atom stereocenters. The maximum Gasteiger partial charge on any atom is 0.133 e. The molecule has 94 valence electrons. The molecule has 1 aromatic heterocycles. The van der Waals surface area contributed by atoms with E-state index in [1.165, 1.54) is 24.8 Å². The molecule has 0 radical (unpaired) electrons. The SMILES string of the molecule is CCC1CCCN(c2nc(C)ccc2CN)C1. The number of hydrogen-bond acceptors (Lipinski definition) is 3. The van der Waals surface area contributed by atoms with E-state index in [-0.39, 0.29) is 0 Å². The Morgan fingerprint density at radius 1 is 1.47 bits per heavy atom. The summed E-state index contributed by atoms with van der Waals surface area (Å²) in [6.45, 7) is 7.17. The zero-order valence-corrected chi connectivity index (χ0v) is 10.9. The van der Waals surface area contributed by atoms with Crippen LogP contribution < -0.4 is 10.6 Å². The fourth-order valence-electron chi connectivity index (χ4n) is 2.60. The first-order chi connectivity index (χ1) is 8.24. The Morgan fingerprint density at radius 2 is 2.29 bits per heavy atom. The largest absolute Gasteiger partial charge is 0.356 e. The van der Waals surface area contributed by atoms with E-state index in [1.54, 1.807) is 0 Å². The van der Waals surface area contributed by atoms with Crippen LogP contribution in [0.25, 0.3) is 0 Å².